The van der Waals surface area contributed by atoms with E-state index in [9.17, 15) is 4.79 Å². The number of aryl methyl sites for hydroxylation is 1. The smallest absolute Gasteiger partial charge is 0.255 e. The molecule has 0 saturated heterocycles. The van der Waals surface area contributed by atoms with Gasteiger partial charge in [0, 0.05) is 11.3 Å². The van der Waals surface area contributed by atoms with E-state index in [0.29, 0.717) is 12.0 Å². The highest BCUT2D eigenvalue weighted by Gasteiger charge is 2.10. The van der Waals surface area contributed by atoms with Gasteiger partial charge in [-0.2, -0.15) is 5.26 Å². The van der Waals surface area contributed by atoms with Crippen LogP contribution in [0.15, 0.2) is 42.5 Å². The summed E-state index contributed by atoms with van der Waals surface area (Å²) in [6.45, 7) is 1.98. The highest BCUT2D eigenvalue weighted by Crippen LogP contribution is 2.24. The molecule has 22 heavy (non-hydrogen) atoms. The Balaban J connectivity index is 1.86. The van der Waals surface area contributed by atoms with Crippen molar-refractivity contribution in [1.82, 2.24) is 4.98 Å². The van der Waals surface area contributed by atoms with Crippen molar-refractivity contribution < 1.29 is 4.79 Å². The number of nitriles is 1. The average molecular weight is 307 g/mol. The number of amides is 1. The van der Waals surface area contributed by atoms with E-state index in [1.165, 1.54) is 11.3 Å². The molecule has 0 aliphatic heterocycles. The van der Waals surface area contributed by atoms with Gasteiger partial charge in [-0.3, -0.25) is 4.79 Å². The number of hydrogen-bond acceptors (Lipinski definition) is 4. The van der Waals surface area contributed by atoms with Gasteiger partial charge in [0.15, 0.2) is 0 Å². The molecule has 1 aromatic heterocycles. The normalized spacial score (nSPS) is 10.4. The second-order valence-electron chi connectivity index (χ2n) is 4.95. The van der Waals surface area contributed by atoms with Gasteiger partial charge in [-0.05, 0) is 42.8 Å². The molecule has 0 aliphatic carbocycles. The molecule has 4 nitrogen and oxygen atoms in total. The molecule has 3 rings (SSSR count). The molecule has 0 spiro atoms. The monoisotopic (exact) mass is 307 g/mol. The minimum Gasteiger partial charge on any atom is -0.322 e. The summed E-state index contributed by atoms with van der Waals surface area (Å²) >= 11 is 1.48. The number of anilines is 1. The van der Waals surface area contributed by atoms with Crippen LogP contribution in [0.25, 0.3) is 10.2 Å². The fourth-order valence-corrected chi connectivity index (χ4v) is 3.07. The topological polar surface area (TPSA) is 65.8 Å². The lowest BCUT2D eigenvalue weighted by atomic mass is 10.2. The third kappa shape index (κ3) is 2.97. The van der Waals surface area contributed by atoms with Crippen LogP contribution in [0.5, 0.6) is 0 Å². The molecule has 3 aromatic rings. The molecule has 0 aliphatic rings. The molecule has 0 atom stereocenters. The molecule has 1 heterocycles. The Morgan fingerprint density at radius 3 is 2.95 bits per heavy atom. The maximum absolute atomic E-state index is 12.3. The molecule has 0 fully saturated rings. The minimum atomic E-state index is -0.165. The van der Waals surface area contributed by atoms with Crippen LogP contribution in [0.4, 0.5) is 5.69 Å². The van der Waals surface area contributed by atoms with Gasteiger partial charge in [0.1, 0.15) is 5.01 Å². The molecule has 108 valence electrons. The lowest BCUT2D eigenvalue weighted by Gasteiger charge is -2.06. The number of nitrogens with zero attached hydrogens (tertiary/aromatic N) is 2. The molecule has 1 N–H and O–H groups in total. The second-order valence-corrected chi connectivity index (χ2v) is 6.06. The Morgan fingerprint density at radius 2 is 2.18 bits per heavy atom. The molecule has 5 heteroatoms. The Bertz CT molecular complexity index is 892. The van der Waals surface area contributed by atoms with Crippen LogP contribution in [0.2, 0.25) is 0 Å². The number of carbonyl (C=O) groups excluding carboxylic acids is 1. The van der Waals surface area contributed by atoms with E-state index in [2.05, 4.69) is 16.4 Å². The van der Waals surface area contributed by atoms with E-state index in [1.807, 2.05) is 37.3 Å². The van der Waals surface area contributed by atoms with Crippen LogP contribution in [-0.2, 0) is 6.42 Å². The van der Waals surface area contributed by atoms with Crippen LogP contribution in [0.3, 0.4) is 0 Å². The molecule has 1 amide bonds. The van der Waals surface area contributed by atoms with Crippen LogP contribution in [-0.4, -0.2) is 10.9 Å². The summed E-state index contributed by atoms with van der Waals surface area (Å²) in [6, 6.07) is 15.2. The first-order valence-electron chi connectivity index (χ1n) is 6.80. The number of nitrogens with one attached hydrogen (secondary N) is 1. The maximum Gasteiger partial charge on any atom is 0.255 e. The number of fused-ring (bicyclic) bond motifs is 1. The Kier molecular flexibility index (Phi) is 3.86. The summed E-state index contributed by atoms with van der Waals surface area (Å²) in [6.07, 6.45) is 0.296. The molecule has 0 bridgehead atoms. The summed E-state index contributed by atoms with van der Waals surface area (Å²) in [4.78, 5) is 16.7. The van der Waals surface area contributed by atoms with E-state index >= 15 is 0 Å². The number of hydrogen-bond donors (Lipinski definition) is 1. The number of benzene rings is 2. The van der Waals surface area contributed by atoms with Crippen molar-refractivity contribution in [3.8, 4) is 6.07 Å². The minimum absolute atomic E-state index is 0.165. The van der Waals surface area contributed by atoms with Crippen molar-refractivity contribution in [3.05, 3.63) is 58.6 Å². The SMILES string of the molecule is Cc1cccc(NC(=O)c2ccc3sc(CC#N)nc3c2)c1. The first-order chi connectivity index (χ1) is 10.7. The molecular weight excluding hydrogens is 294 g/mol. The Morgan fingerprint density at radius 1 is 1.32 bits per heavy atom. The fourth-order valence-electron chi connectivity index (χ4n) is 2.19. The zero-order valence-corrected chi connectivity index (χ0v) is 12.8. The van der Waals surface area contributed by atoms with Crippen LogP contribution >= 0.6 is 11.3 Å². The van der Waals surface area contributed by atoms with Crippen molar-refractivity contribution in [2.24, 2.45) is 0 Å². The van der Waals surface area contributed by atoms with Gasteiger partial charge >= 0.3 is 0 Å². The molecular formula is C17H13N3OS. The number of aromatic nitrogens is 1. The molecule has 2 aromatic carbocycles. The van der Waals surface area contributed by atoms with Gasteiger partial charge in [0.25, 0.3) is 5.91 Å². The van der Waals surface area contributed by atoms with Crippen molar-refractivity contribution in [1.29, 1.82) is 5.26 Å². The lowest BCUT2D eigenvalue weighted by molar-refractivity contribution is 0.102. The number of thiazole rings is 1. The van der Waals surface area contributed by atoms with Crippen molar-refractivity contribution in [2.75, 3.05) is 5.32 Å². The number of carbonyl (C=O) groups is 1. The van der Waals surface area contributed by atoms with E-state index in [4.69, 9.17) is 5.26 Å². The maximum atomic E-state index is 12.3. The Labute approximate surface area is 132 Å². The summed E-state index contributed by atoms with van der Waals surface area (Å²) in [7, 11) is 0. The summed E-state index contributed by atoms with van der Waals surface area (Å²) in [5.41, 5.74) is 3.18. The van der Waals surface area contributed by atoms with Crippen molar-refractivity contribution in [2.45, 2.75) is 13.3 Å². The van der Waals surface area contributed by atoms with E-state index < -0.39 is 0 Å². The van der Waals surface area contributed by atoms with Crippen LogP contribution in [0, 0.1) is 18.3 Å². The predicted octanol–water partition coefficient (Wildman–Crippen LogP) is 3.92. The quantitative estimate of drug-likeness (QED) is 0.797. The first-order valence-corrected chi connectivity index (χ1v) is 7.62. The van der Waals surface area contributed by atoms with Gasteiger partial charge < -0.3 is 5.32 Å². The summed E-state index contributed by atoms with van der Waals surface area (Å²) in [5, 5.41) is 12.4. The summed E-state index contributed by atoms with van der Waals surface area (Å²) < 4.78 is 0.984. The first kappa shape index (κ1) is 14.2. The summed E-state index contributed by atoms with van der Waals surface area (Å²) in [5.74, 6) is -0.165. The van der Waals surface area contributed by atoms with Crippen LogP contribution < -0.4 is 5.32 Å². The van der Waals surface area contributed by atoms with Crippen molar-refractivity contribution in [3.63, 3.8) is 0 Å². The third-order valence-corrected chi connectivity index (χ3v) is 4.24. The lowest BCUT2D eigenvalue weighted by Crippen LogP contribution is -2.11. The van der Waals surface area contributed by atoms with Crippen LogP contribution in [0.1, 0.15) is 20.9 Å². The zero-order valence-electron chi connectivity index (χ0n) is 12.0. The second kappa shape index (κ2) is 5.96. The van der Waals surface area contributed by atoms with Gasteiger partial charge in [-0.25, -0.2) is 4.98 Å². The van der Waals surface area contributed by atoms with E-state index in [0.717, 1.165) is 26.5 Å². The standard InChI is InChI=1S/C17H13N3OS/c1-11-3-2-4-13(9-11)19-17(21)12-5-6-15-14(10-12)20-16(22-15)7-8-18/h2-6,9-10H,7H2,1H3,(H,19,21). The largest absolute Gasteiger partial charge is 0.322 e. The zero-order chi connectivity index (χ0) is 15.5. The fraction of sp³-hybridized carbons (Fsp3) is 0.118. The van der Waals surface area contributed by atoms with E-state index in [-0.39, 0.29) is 5.91 Å². The Hall–Kier alpha value is -2.71. The highest BCUT2D eigenvalue weighted by atomic mass is 32.1. The van der Waals surface area contributed by atoms with Gasteiger partial charge in [0.2, 0.25) is 0 Å². The highest BCUT2D eigenvalue weighted by molar-refractivity contribution is 7.18. The van der Waals surface area contributed by atoms with Gasteiger partial charge in [0.05, 0.1) is 22.7 Å². The third-order valence-electron chi connectivity index (χ3n) is 3.20. The number of rotatable bonds is 3. The predicted molar refractivity (Wildman–Crippen MR) is 88.1 cm³/mol. The molecule has 0 radical (unpaired) electrons. The molecule has 0 unspecified atom stereocenters. The average Bonchev–Trinajstić information content (AvgIpc) is 2.89. The molecule has 0 saturated carbocycles. The van der Waals surface area contributed by atoms with Gasteiger partial charge in [-0.15, -0.1) is 11.3 Å². The van der Waals surface area contributed by atoms with Crippen molar-refractivity contribution >= 4 is 33.1 Å². The van der Waals surface area contributed by atoms with Gasteiger partial charge in [-0.1, -0.05) is 12.1 Å². The van der Waals surface area contributed by atoms with E-state index in [1.54, 1.807) is 12.1 Å².